The Kier molecular flexibility index (Phi) is 5.11. The molecule has 0 bridgehead atoms. The summed E-state index contributed by atoms with van der Waals surface area (Å²) in [7, 11) is 0. The Balaban J connectivity index is 2.77. The van der Waals surface area contributed by atoms with Crippen LogP contribution in [-0.4, -0.2) is 22.5 Å². The SMILES string of the molecule is Cc1cc([N+](=O)[O-])c(Cl)cc1NCC(C)CC(=O)O. The Bertz CT molecular complexity index is 505. The Morgan fingerprint density at radius 3 is 2.74 bits per heavy atom. The minimum Gasteiger partial charge on any atom is -0.481 e. The first-order valence-corrected chi connectivity index (χ1v) is 6.09. The number of carboxylic acid groups (broad SMARTS) is 1. The van der Waals surface area contributed by atoms with Crippen LogP contribution < -0.4 is 5.32 Å². The fraction of sp³-hybridized carbons (Fsp3) is 0.417. The molecule has 2 N–H and O–H groups in total. The van der Waals surface area contributed by atoms with Crippen molar-refractivity contribution in [1.29, 1.82) is 0 Å². The highest BCUT2D eigenvalue weighted by Gasteiger charge is 2.15. The van der Waals surface area contributed by atoms with Crippen molar-refractivity contribution >= 4 is 28.9 Å². The summed E-state index contributed by atoms with van der Waals surface area (Å²) in [4.78, 5) is 20.7. The first-order valence-electron chi connectivity index (χ1n) is 5.71. The molecule has 0 aromatic heterocycles. The Morgan fingerprint density at radius 1 is 1.58 bits per heavy atom. The number of benzene rings is 1. The van der Waals surface area contributed by atoms with Gasteiger partial charge in [-0.3, -0.25) is 14.9 Å². The maximum absolute atomic E-state index is 10.7. The van der Waals surface area contributed by atoms with E-state index < -0.39 is 10.9 Å². The summed E-state index contributed by atoms with van der Waals surface area (Å²) in [6.45, 7) is 4.00. The molecule has 0 saturated carbocycles. The third-order valence-electron chi connectivity index (χ3n) is 2.65. The number of carboxylic acids is 1. The van der Waals surface area contributed by atoms with Crippen LogP contribution in [0.4, 0.5) is 11.4 Å². The predicted octanol–water partition coefficient (Wildman–Crippen LogP) is 3.08. The zero-order valence-corrected chi connectivity index (χ0v) is 11.4. The van der Waals surface area contributed by atoms with Crippen LogP contribution in [-0.2, 0) is 4.79 Å². The number of hydrogen-bond donors (Lipinski definition) is 2. The molecule has 0 aliphatic carbocycles. The van der Waals surface area contributed by atoms with E-state index in [0.29, 0.717) is 17.8 Å². The molecular weight excluding hydrogens is 272 g/mol. The van der Waals surface area contributed by atoms with Crippen molar-refractivity contribution in [3.05, 3.63) is 32.8 Å². The molecule has 1 aromatic rings. The smallest absolute Gasteiger partial charge is 0.303 e. The van der Waals surface area contributed by atoms with Gasteiger partial charge in [0.1, 0.15) is 5.02 Å². The lowest BCUT2D eigenvalue weighted by atomic mass is 10.1. The second kappa shape index (κ2) is 6.38. The van der Waals surface area contributed by atoms with Gasteiger partial charge < -0.3 is 10.4 Å². The summed E-state index contributed by atoms with van der Waals surface area (Å²) in [6, 6.07) is 2.88. The number of nitrogens with zero attached hydrogens (tertiary/aromatic N) is 1. The van der Waals surface area contributed by atoms with Gasteiger partial charge in [-0.15, -0.1) is 0 Å². The molecular formula is C12H15ClN2O4. The second-order valence-corrected chi connectivity index (χ2v) is 4.87. The van der Waals surface area contributed by atoms with Gasteiger partial charge in [-0.25, -0.2) is 0 Å². The third-order valence-corrected chi connectivity index (χ3v) is 2.96. The normalized spacial score (nSPS) is 11.9. The molecule has 0 heterocycles. The van der Waals surface area contributed by atoms with E-state index in [-0.39, 0.29) is 23.0 Å². The molecule has 0 amide bonds. The highest BCUT2D eigenvalue weighted by Crippen LogP contribution is 2.30. The van der Waals surface area contributed by atoms with E-state index in [1.807, 2.05) is 6.92 Å². The van der Waals surface area contributed by atoms with Crippen LogP contribution in [0.15, 0.2) is 12.1 Å². The van der Waals surface area contributed by atoms with Crippen molar-refractivity contribution in [2.75, 3.05) is 11.9 Å². The van der Waals surface area contributed by atoms with Crippen molar-refractivity contribution in [1.82, 2.24) is 0 Å². The zero-order chi connectivity index (χ0) is 14.6. The van der Waals surface area contributed by atoms with Crippen molar-refractivity contribution in [3.63, 3.8) is 0 Å². The molecule has 7 heteroatoms. The Hall–Kier alpha value is -1.82. The molecule has 0 radical (unpaired) electrons. The van der Waals surface area contributed by atoms with E-state index in [1.54, 1.807) is 6.92 Å². The molecule has 0 aliphatic rings. The second-order valence-electron chi connectivity index (χ2n) is 4.46. The van der Waals surface area contributed by atoms with E-state index in [1.165, 1.54) is 12.1 Å². The van der Waals surface area contributed by atoms with Gasteiger partial charge in [0.2, 0.25) is 0 Å². The van der Waals surface area contributed by atoms with Crippen molar-refractivity contribution in [3.8, 4) is 0 Å². The summed E-state index contributed by atoms with van der Waals surface area (Å²) < 4.78 is 0. The molecule has 0 spiro atoms. The maximum Gasteiger partial charge on any atom is 0.303 e. The first kappa shape index (κ1) is 15.2. The monoisotopic (exact) mass is 286 g/mol. The lowest BCUT2D eigenvalue weighted by Gasteiger charge is -2.13. The van der Waals surface area contributed by atoms with Crippen LogP contribution in [0.3, 0.4) is 0 Å². The summed E-state index contributed by atoms with van der Waals surface area (Å²) in [5.74, 6) is -0.904. The molecule has 0 saturated heterocycles. The quantitative estimate of drug-likeness (QED) is 0.619. The van der Waals surface area contributed by atoms with Gasteiger partial charge in [0.05, 0.1) is 4.92 Å². The molecule has 6 nitrogen and oxygen atoms in total. The van der Waals surface area contributed by atoms with Crippen LogP contribution in [0, 0.1) is 23.0 Å². The van der Waals surface area contributed by atoms with Gasteiger partial charge >= 0.3 is 5.97 Å². The topological polar surface area (TPSA) is 92.5 Å². The number of nitro benzene ring substituents is 1. The zero-order valence-electron chi connectivity index (χ0n) is 10.6. The Morgan fingerprint density at radius 2 is 2.21 bits per heavy atom. The summed E-state index contributed by atoms with van der Waals surface area (Å²) in [6.07, 6.45) is 0.0623. The third kappa shape index (κ3) is 4.40. The van der Waals surface area contributed by atoms with Crippen LogP contribution in [0.25, 0.3) is 0 Å². The van der Waals surface area contributed by atoms with Gasteiger partial charge in [-0.1, -0.05) is 18.5 Å². The molecule has 1 atom stereocenters. The predicted molar refractivity (Wildman–Crippen MR) is 72.7 cm³/mol. The summed E-state index contributed by atoms with van der Waals surface area (Å²) in [5.41, 5.74) is 1.23. The van der Waals surface area contributed by atoms with Crippen molar-refractivity contribution in [2.24, 2.45) is 5.92 Å². The lowest BCUT2D eigenvalue weighted by Crippen LogP contribution is -2.15. The minimum absolute atomic E-state index is 0.0501. The first-order chi connectivity index (χ1) is 8.81. The van der Waals surface area contributed by atoms with E-state index >= 15 is 0 Å². The number of nitrogens with one attached hydrogen (secondary N) is 1. The Labute approximate surface area is 115 Å². The molecule has 1 aromatic carbocycles. The van der Waals surface area contributed by atoms with Gasteiger partial charge in [-0.05, 0) is 24.5 Å². The molecule has 104 valence electrons. The number of rotatable bonds is 6. The molecule has 0 aliphatic heterocycles. The summed E-state index contributed by atoms with van der Waals surface area (Å²) >= 11 is 5.82. The van der Waals surface area contributed by atoms with Gasteiger partial charge in [-0.2, -0.15) is 0 Å². The van der Waals surface area contributed by atoms with Crippen LogP contribution in [0.1, 0.15) is 18.9 Å². The van der Waals surface area contributed by atoms with E-state index in [0.717, 1.165) is 0 Å². The average molecular weight is 287 g/mol. The maximum atomic E-state index is 10.7. The van der Waals surface area contributed by atoms with Gasteiger partial charge in [0.15, 0.2) is 0 Å². The molecule has 0 fully saturated rings. The number of hydrogen-bond acceptors (Lipinski definition) is 4. The highest BCUT2D eigenvalue weighted by molar-refractivity contribution is 6.33. The van der Waals surface area contributed by atoms with E-state index in [4.69, 9.17) is 16.7 Å². The number of aliphatic carboxylic acids is 1. The van der Waals surface area contributed by atoms with E-state index in [9.17, 15) is 14.9 Å². The average Bonchev–Trinajstić information content (AvgIpc) is 2.28. The van der Waals surface area contributed by atoms with Crippen LogP contribution >= 0.6 is 11.6 Å². The fourth-order valence-electron chi connectivity index (χ4n) is 1.65. The number of aryl methyl sites for hydroxylation is 1. The van der Waals surface area contributed by atoms with Gasteiger partial charge in [0.25, 0.3) is 5.69 Å². The van der Waals surface area contributed by atoms with Crippen LogP contribution in [0.5, 0.6) is 0 Å². The molecule has 1 rings (SSSR count). The number of halogens is 1. The van der Waals surface area contributed by atoms with E-state index in [2.05, 4.69) is 5.32 Å². The van der Waals surface area contributed by atoms with Crippen molar-refractivity contribution < 1.29 is 14.8 Å². The lowest BCUT2D eigenvalue weighted by molar-refractivity contribution is -0.384. The molecule has 1 unspecified atom stereocenters. The standard InChI is InChI=1S/C12H15ClN2O4/c1-7(3-12(16)17)6-14-10-5-9(13)11(15(18)19)4-8(10)2/h4-5,7,14H,3,6H2,1-2H3,(H,16,17). The number of carbonyl (C=O) groups is 1. The highest BCUT2D eigenvalue weighted by atomic mass is 35.5. The van der Waals surface area contributed by atoms with Crippen LogP contribution in [0.2, 0.25) is 5.02 Å². The van der Waals surface area contributed by atoms with Crippen molar-refractivity contribution in [2.45, 2.75) is 20.3 Å². The molecule has 19 heavy (non-hydrogen) atoms. The number of nitro groups is 1. The largest absolute Gasteiger partial charge is 0.481 e. The number of anilines is 1. The summed E-state index contributed by atoms with van der Waals surface area (Å²) in [5, 5.41) is 22.5. The van der Waals surface area contributed by atoms with Gasteiger partial charge in [0, 0.05) is 24.7 Å². The fourth-order valence-corrected chi connectivity index (χ4v) is 1.88. The minimum atomic E-state index is -0.854.